The van der Waals surface area contributed by atoms with Gasteiger partial charge >= 0.3 is 0 Å². The first kappa shape index (κ1) is 7.53. The molecule has 2 atom stereocenters. The van der Waals surface area contributed by atoms with E-state index in [2.05, 4.69) is 22.2 Å². The quantitative estimate of drug-likeness (QED) is 0.721. The zero-order chi connectivity index (χ0) is 8.39. The summed E-state index contributed by atoms with van der Waals surface area (Å²) in [7, 11) is 0. The van der Waals surface area contributed by atoms with E-state index < -0.39 is 0 Å². The summed E-state index contributed by atoms with van der Waals surface area (Å²) < 4.78 is 0. The number of rotatable bonds is 2. The Kier molecular flexibility index (Phi) is 1.94. The van der Waals surface area contributed by atoms with Crippen molar-refractivity contribution < 1.29 is 0 Å². The van der Waals surface area contributed by atoms with Crippen LogP contribution in [0, 0.1) is 5.92 Å². The molecule has 0 spiro atoms. The molecule has 1 saturated carbocycles. The number of aromatic nitrogens is 2. The molecule has 12 heavy (non-hydrogen) atoms. The van der Waals surface area contributed by atoms with E-state index in [1.165, 1.54) is 12.8 Å². The van der Waals surface area contributed by atoms with E-state index in [-0.39, 0.29) is 0 Å². The molecule has 0 saturated heterocycles. The fourth-order valence-corrected chi connectivity index (χ4v) is 1.44. The van der Waals surface area contributed by atoms with Crippen molar-refractivity contribution in [1.82, 2.24) is 9.97 Å². The molecule has 0 amide bonds. The second kappa shape index (κ2) is 3.09. The minimum Gasteiger partial charge on any atom is -0.366 e. The van der Waals surface area contributed by atoms with Crippen LogP contribution in [0.25, 0.3) is 0 Å². The normalized spacial score (nSPS) is 27.8. The molecule has 2 rings (SSSR count). The SMILES string of the molecule is CC1CCC1Nc1cnccn1. The predicted octanol–water partition coefficient (Wildman–Crippen LogP) is 1.69. The zero-order valence-electron chi connectivity index (χ0n) is 7.20. The Morgan fingerprint density at radius 3 is 2.83 bits per heavy atom. The van der Waals surface area contributed by atoms with Gasteiger partial charge in [-0.2, -0.15) is 0 Å². The van der Waals surface area contributed by atoms with Crippen molar-refractivity contribution in [2.45, 2.75) is 25.8 Å². The van der Waals surface area contributed by atoms with Crippen LogP contribution in [0.1, 0.15) is 19.8 Å². The number of anilines is 1. The van der Waals surface area contributed by atoms with E-state index in [0.717, 1.165) is 11.7 Å². The topological polar surface area (TPSA) is 37.8 Å². The van der Waals surface area contributed by atoms with Crippen molar-refractivity contribution in [3.63, 3.8) is 0 Å². The summed E-state index contributed by atoms with van der Waals surface area (Å²) in [6.07, 6.45) is 7.77. The molecule has 1 aromatic heterocycles. The number of nitrogens with zero attached hydrogens (tertiary/aromatic N) is 2. The Morgan fingerprint density at radius 2 is 2.33 bits per heavy atom. The van der Waals surface area contributed by atoms with Gasteiger partial charge in [-0.25, -0.2) is 4.98 Å². The largest absolute Gasteiger partial charge is 0.366 e. The first-order valence-corrected chi connectivity index (χ1v) is 4.39. The lowest BCUT2D eigenvalue weighted by atomic mass is 9.81. The lowest BCUT2D eigenvalue weighted by Gasteiger charge is -2.34. The smallest absolute Gasteiger partial charge is 0.144 e. The summed E-state index contributed by atoms with van der Waals surface area (Å²) in [5, 5.41) is 3.35. The molecule has 1 aromatic rings. The van der Waals surface area contributed by atoms with Gasteiger partial charge in [-0.1, -0.05) is 6.92 Å². The summed E-state index contributed by atoms with van der Waals surface area (Å²) in [5.74, 6) is 1.68. The van der Waals surface area contributed by atoms with Crippen LogP contribution in [-0.4, -0.2) is 16.0 Å². The predicted molar refractivity (Wildman–Crippen MR) is 47.8 cm³/mol. The summed E-state index contributed by atoms with van der Waals surface area (Å²) >= 11 is 0. The molecule has 2 unspecified atom stereocenters. The van der Waals surface area contributed by atoms with E-state index in [9.17, 15) is 0 Å². The summed E-state index contributed by atoms with van der Waals surface area (Å²) in [5.41, 5.74) is 0. The minimum atomic E-state index is 0.613. The lowest BCUT2D eigenvalue weighted by molar-refractivity contribution is 0.303. The van der Waals surface area contributed by atoms with Crippen LogP contribution >= 0.6 is 0 Å². The molecular weight excluding hydrogens is 150 g/mol. The fraction of sp³-hybridized carbons (Fsp3) is 0.556. The third kappa shape index (κ3) is 1.40. The Morgan fingerprint density at radius 1 is 1.42 bits per heavy atom. The van der Waals surface area contributed by atoms with Crippen LogP contribution in [0.3, 0.4) is 0 Å². The van der Waals surface area contributed by atoms with Crippen molar-refractivity contribution in [3.8, 4) is 0 Å². The minimum absolute atomic E-state index is 0.613. The molecule has 3 heteroatoms. The molecule has 0 bridgehead atoms. The second-order valence-corrected chi connectivity index (χ2v) is 3.40. The van der Waals surface area contributed by atoms with Gasteiger partial charge in [0, 0.05) is 18.4 Å². The molecule has 1 aliphatic rings. The van der Waals surface area contributed by atoms with E-state index in [4.69, 9.17) is 0 Å². The molecule has 0 radical (unpaired) electrons. The highest BCUT2D eigenvalue weighted by Gasteiger charge is 2.26. The van der Waals surface area contributed by atoms with E-state index >= 15 is 0 Å². The highest BCUT2D eigenvalue weighted by molar-refractivity contribution is 5.32. The van der Waals surface area contributed by atoms with Gasteiger partial charge < -0.3 is 5.32 Å². The standard InChI is InChI=1S/C9H13N3/c1-7-2-3-8(7)12-9-6-10-4-5-11-9/h4-8H,2-3H2,1H3,(H,11,12). The average Bonchev–Trinajstić information content (AvgIpc) is 2.14. The summed E-state index contributed by atoms with van der Waals surface area (Å²) in [6, 6.07) is 0.613. The maximum Gasteiger partial charge on any atom is 0.144 e. The molecule has 1 N–H and O–H groups in total. The van der Waals surface area contributed by atoms with Crippen LogP contribution in [-0.2, 0) is 0 Å². The zero-order valence-corrected chi connectivity index (χ0v) is 7.20. The van der Waals surface area contributed by atoms with Crippen molar-refractivity contribution in [2.75, 3.05) is 5.32 Å². The van der Waals surface area contributed by atoms with Crippen LogP contribution in [0.5, 0.6) is 0 Å². The third-order valence-electron chi connectivity index (χ3n) is 2.52. The van der Waals surface area contributed by atoms with Crippen molar-refractivity contribution in [3.05, 3.63) is 18.6 Å². The Bertz CT molecular complexity index is 247. The van der Waals surface area contributed by atoms with Gasteiger partial charge in [-0.15, -0.1) is 0 Å². The third-order valence-corrected chi connectivity index (χ3v) is 2.52. The highest BCUT2D eigenvalue weighted by atomic mass is 15.0. The van der Waals surface area contributed by atoms with E-state index in [1.54, 1.807) is 18.6 Å². The molecule has 1 aliphatic carbocycles. The molecule has 64 valence electrons. The van der Waals surface area contributed by atoms with Crippen LogP contribution in [0.2, 0.25) is 0 Å². The molecule has 1 fully saturated rings. The molecule has 0 aliphatic heterocycles. The molecular formula is C9H13N3. The Hall–Kier alpha value is -1.12. The lowest BCUT2D eigenvalue weighted by Crippen LogP contribution is -2.36. The highest BCUT2D eigenvalue weighted by Crippen LogP contribution is 2.28. The van der Waals surface area contributed by atoms with Gasteiger partial charge in [-0.05, 0) is 18.8 Å². The first-order chi connectivity index (χ1) is 5.86. The summed E-state index contributed by atoms with van der Waals surface area (Å²) in [4.78, 5) is 8.16. The van der Waals surface area contributed by atoms with Crippen LogP contribution < -0.4 is 5.32 Å². The summed E-state index contributed by atoms with van der Waals surface area (Å²) in [6.45, 7) is 2.26. The van der Waals surface area contributed by atoms with Gasteiger partial charge in [0.25, 0.3) is 0 Å². The monoisotopic (exact) mass is 163 g/mol. The second-order valence-electron chi connectivity index (χ2n) is 3.40. The van der Waals surface area contributed by atoms with E-state index in [1.807, 2.05) is 0 Å². The van der Waals surface area contributed by atoms with Gasteiger partial charge in [-0.3, -0.25) is 4.98 Å². The van der Waals surface area contributed by atoms with Gasteiger partial charge in [0.1, 0.15) is 5.82 Å². The molecule has 0 aromatic carbocycles. The van der Waals surface area contributed by atoms with Gasteiger partial charge in [0.2, 0.25) is 0 Å². The number of nitrogens with one attached hydrogen (secondary N) is 1. The van der Waals surface area contributed by atoms with Crippen LogP contribution in [0.4, 0.5) is 5.82 Å². The van der Waals surface area contributed by atoms with E-state index in [0.29, 0.717) is 6.04 Å². The fourth-order valence-electron chi connectivity index (χ4n) is 1.44. The Balaban J connectivity index is 1.95. The maximum atomic E-state index is 4.16. The first-order valence-electron chi connectivity index (χ1n) is 4.39. The number of hydrogen-bond acceptors (Lipinski definition) is 3. The average molecular weight is 163 g/mol. The molecule has 3 nitrogen and oxygen atoms in total. The van der Waals surface area contributed by atoms with Crippen molar-refractivity contribution >= 4 is 5.82 Å². The maximum absolute atomic E-state index is 4.16. The van der Waals surface area contributed by atoms with Crippen molar-refractivity contribution in [1.29, 1.82) is 0 Å². The number of hydrogen-bond donors (Lipinski definition) is 1. The molecule has 1 heterocycles. The Labute approximate surface area is 72.2 Å². The van der Waals surface area contributed by atoms with Crippen LogP contribution in [0.15, 0.2) is 18.6 Å². The van der Waals surface area contributed by atoms with Crippen molar-refractivity contribution in [2.24, 2.45) is 5.92 Å². The van der Waals surface area contributed by atoms with Gasteiger partial charge in [0.05, 0.1) is 6.20 Å². The van der Waals surface area contributed by atoms with Gasteiger partial charge in [0.15, 0.2) is 0 Å².